The second-order valence-electron chi connectivity index (χ2n) is 6.64. The van der Waals surface area contributed by atoms with Crippen molar-refractivity contribution in [2.24, 2.45) is 5.92 Å². The van der Waals surface area contributed by atoms with Crippen molar-refractivity contribution in [1.29, 1.82) is 0 Å². The van der Waals surface area contributed by atoms with Crippen LogP contribution in [0.4, 0.5) is 0 Å². The Labute approximate surface area is 149 Å². The van der Waals surface area contributed by atoms with E-state index < -0.39 is 5.97 Å². The Morgan fingerprint density at radius 1 is 1.12 bits per heavy atom. The van der Waals surface area contributed by atoms with E-state index in [-0.39, 0.29) is 24.5 Å². The largest absolute Gasteiger partial charge is 0.481 e. The number of nitrogens with zero attached hydrogens (tertiary/aromatic N) is 1. The fourth-order valence-corrected chi connectivity index (χ4v) is 3.83. The van der Waals surface area contributed by atoms with E-state index in [1.807, 2.05) is 12.1 Å². The van der Waals surface area contributed by atoms with Gasteiger partial charge in [-0.25, -0.2) is 0 Å². The Balaban J connectivity index is 1.86. The molecule has 0 saturated carbocycles. The monoisotopic (exact) mass is 339 g/mol. The number of ether oxygens (including phenoxy) is 1. The van der Waals surface area contributed by atoms with Crippen molar-refractivity contribution in [3.63, 3.8) is 0 Å². The second-order valence-corrected chi connectivity index (χ2v) is 6.64. The molecule has 1 aliphatic rings. The summed E-state index contributed by atoms with van der Waals surface area (Å²) in [6.45, 7) is 1.61. The van der Waals surface area contributed by atoms with Gasteiger partial charge in [0.15, 0.2) is 0 Å². The van der Waals surface area contributed by atoms with E-state index in [1.165, 1.54) is 11.1 Å². The Bertz CT molecular complexity index is 635. The number of likely N-dealkylation sites (tertiary alicyclic amines) is 1. The number of hydrogen-bond donors (Lipinski definition) is 1. The summed E-state index contributed by atoms with van der Waals surface area (Å²) in [6, 6.07) is 21.1. The average molecular weight is 339 g/mol. The van der Waals surface area contributed by atoms with Crippen molar-refractivity contribution in [1.82, 2.24) is 4.90 Å². The predicted octanol–water partition coefficient (Wildman–Crippen LogP) is 3.59. The lowest BCUT2D eigenvalue weighted by atomic mass is 9.87. The first kappa shape index (κ1) is 17.6. The van der Waals surface area contributed by atoms with Crippen LogP contribution < -0.4 is 0 Å². The Morgan fingerprint density at radius 3 is 2.16 bits per heavy atom. The highest BCUT2D eigenvalue weighted by Crippen LogP contribution is 2.34. The lowest BCUT2D eigenvalue weighted by Gasteiger charge is -2.41. The van der Waals surface area contributed by atoms with Gasteiger partial charge in [-0.3, -0.25) is 9.69 Å². The minimum Gasteiger partial charge on any atom is -0.481 e. The van der Waals surface area contributed by atoms with Crippen molar-refractivity contribution < 1.29 is 14.6 Å². The van der Waals surface area contributed by atoms with E-state index in [1.54, 1.807) is 7.11 Å². The molecule has 0 aliphatic carbocycles. The molecule has 0 amide bonds. The molecule has 25 heavy (non-hydrogen) atoms. The van der Waals surface area contributed by atoms with E-state index in [9.17, 15) is 4.79 Å². The van der Waals surface area contributed by atoms with Crippen LogP contribution in [0.15, 0.2) is 60.7 Å². The SMILES string of the molecule is CO[C@@H]1CN(C(c2ccccc2)c2ccccc2)CC[C@@H]1CC(=O)O. The summed E-state index contributed by atoms with van der Waals surface area (Å²) in [7, 11) is 1.68. The quantitative estimate of drug-likeness (QED) is 0.874. The smallest absolute Gasteiger partial charge is 0.303 e. The van der Waals surface area contributed by atoms with Crippen molar-refractivity contribution in [3.05, 3.63) is 71.8 Å². The minimum absolute atomic E-state index is 0.0558. The zero-order valence-corrected chi connectivity index (χ0v) is 14.5. The lowest BCUT2D eigenvalue weighted by Crippen LogP contribution is -2.47. The number of carbonyl (C=O) groups is 1. The molecule has 1 saturated heterocycles. The van der Waals surface area contributed by atoms with E-state index in [0.717, 1.165) is 19.5 Å². The van der Waals surface area contributed by atoms with E-state index in [0.29, 0.717) is 0 Å². The van der Waals surface area contributed by atoms with Crippen LogP contribution in [0.3, 0.4) is 0 Å². The van der Waals surface area contributed by atoms with Crippen molar-refractivity contribution in [3.8, 4) is 0 Å². The predicted molar refractivity (Wildman–Crippen MR) is 97.5 cm³/mol. The Kier molecular flexibility index (Phi) is 5.84. The fraction of sp³-hybridized carbons (Fsp3) is 0.381. The summed E-state index contributed by atoms with van der Waals surface area (Å²) < 4.78 is 5.65. The normalized spacial score (nSPS) is 21.4. The van der Waals surface area contributed by atoms with Crippen LogP contribution in [0.1, 0.15) is 30.0 Å². The number of carboxylic acid groups (broad SMARTS) is 1. The maximum Gasteiger partial charge on any atom is 0.303 e. The maximum absolute atomic E-state index is 11.1. The van der Waals surface area contributed by atoms with Crippen molar-refractivity contribution >= 4 is 5.97 Å². The highest BCUT2D eigenvalue weighted by Gasteiger charge is 2.34. The molecule has 0 unspecified atom stereocenters. The molecule has 2 atom stereocenters. The molecule has 2 aromatic carbocycles. The van der Waals surface area contributed by atoms with Gasteiger partial charge in [0.05, 0.1) is 18.6 Å². The van der Waals surface area contributed by atoms with Crippen LogP contribution >= 0.6 is 0 Å². The summed E-state index contributed by atoms with van der Waals surface area (Å²) in [5, 5.41) is 9.14. The Hall–Kier alpha value is -2.17. The highest BCUT2D eigenvalue weighted by molar-refractivity contribution is 5.67. The molecular weight excluding hydrogens is 314 g/mol. The molecular formula is C21H25NO3. The summed E-state index contributed by atoms with van der Waals surface area (Å²) >= 11 is 0. The second kappa shape index (κ2) is 8.28. The van der Waals surface area contributed by atoms with Crippen LogP contribution in [0, 0.1) is 5.92 Å². The minimum atomic E-state index is -0.747. The van der Waals surface area contributed by atoms with Crippen LogP contribution in [0.25, 0.3) is 0 Å². The van der Waals surface area contributed by atoms with Gasteiger partial charge in [0.1, 0.15) is 0 Å². The third-order valence-corrected chi connectivity index (χ3v) is 5.06. The van der Waals surface area contributed by atoms with Gasteiger partial charge in [0, 0.05) is 13.7 Å². The molecule has 0 radical (unpaired) electrons. The topological polar surface area (TPSA) is 49.8 Å². The number of benzene rings is 2. The van der Waals surface area contributed by atoms with Gasteiger partial charge in [-0.15, -0.1) is 0 Å². The van der Waals surface area contributed by atoms with Gasteiger partial charge in [-0.1, -0.05) is 60.7 Å². The molecule has 4 nitrogen and oxygen atoms in total. The van der Waals surface area contributed by atoms with E-state index in [2.05, 4.69) is 53.4 Å². The first-order chi connectivity index (χ1) is 12.2. The standard InChI is InChI=1S/C21H25NO3/c1-25-19-15-22(13-12-18(19)14-20(23)24)21(16-8-4-2-5-9-16)17-10-6-3-7-11-17/h2-11,18-19,21H,12-15H2,1H3,(H,23,24)/t18-,19-/m1/s1. The number of aliphatic carboxylic acids is 1. The molecule has 1 fully saturated rings. The van der Waals surface area contributed by atoms with Gasteiger partial charge >= 0.3 is 5.97 Å². The van der Waals surface area contributed by atoms with Gasteiger partial charge < -0.3 is 9.84 Å². The van der Waals surface area contributed by atoms with Crippen LogP contribution in [-0.4, -0.2) is 42.3 Å². The molecule has 4 heteroatoms. The third-order valence-electron chi connectivity index (χ3n) is 5.06. The van der Waals surface area contributed by atoms with Crippen molar-refractivity contribution in [2.75, 3.05) is 20.2 Å². The molecule has 1 heterocycles. The average Bonchev–Trinajstić information content (AvgIpc) is 2.64. The first-order valence-corrected chi connectivity index (χ1v) is 8.77. The molecule has 3 rings (SSSR count). The zero-order chi connectivity index (χ0) is 17.6. The Morgan fingerprint density at radius 2 is 1.68 bits per heavy atom. The summed E-state index contributed by atoms with van der Waals surface area (Å²) in [6.07, 6.45) is 0.953. The van der Waals surface area contributed by atoms with Gasteiger partial charge in [0.2, 0.25) is 0 Å². The number of rotatable bonds is 6. The molecule has 0 spiro atoms. The summed E-state index contributed by atoms with van der Waals surface area (Å²) in [5.41, 5.74) is 2.50. The number of piperidine rings is 1. The molecule has 2 aromatic rings. The molecule has 0 bridgehead atoms. The van der Waals surface area contributed by atoms with Crippen LogP contribution in [-0.2, 0) is 9.53 Å². The number of carboxylic acids is 1. The molecule has 0 aromatic heterocycles. The lowest BCUT2D eigenvalue weighted by molar-refractivity contribution is -0.140. The first-order valence-electron chi connectivity index (χ1n) is 8.77. The maximum atomic E-state index is 11.1. The van der Waals surface area contributed by atoms with Gasteiger partial charge in [-0.05, 0) is 30.0 Å². The summed E-state index contributed by atoms with van der Waals surface area (Å²) in [4.78, 5) is 13.5. The molecule has 132 valence electrons. The van der Waals surface area contributed by atoms with E-state index >= 15 is 0 Å². The number of hydrogen-bond acceptors (Lipinski definition) is 3. The highest BCUT2D eigenvalue weighted by atomic mass is 16.5. The fourth-order valence-electron chi connectivity index (χ4n) is 3.83. The molecule has 1 aliphatic heterocycles. The van der Waals surface area contributed by atoms with Gasteiger partial charge in [-0.2, -0.15) is 0 Å². The van der Waals surface area contributed by atoms with Crippen LogP contribution in [0.2, 0.25) is 0 Å². The van der Waals surface area contributed by atoms with Crippen molar-refractivity contribution in [2.45, 2.75) is 25.0 Å². The van der Waals surface area contributed by atoms with Crippen LogP contribution in [0.5, 0.6) is 0 Å². The third kappa shape index (κ3) is 4.27. The molecule has 1 N–H and O–H groups in total. The number of methoxy groups -OCH3 is 1. The summed E-state index contributed by atoms with van der Waals surface area (Å²) in [5.74, 6) is -0.672. The van der Waals surface area contributed by atoms with E-state index in [4.69, 9.17) is 9.84 Å². The zero-order valence-electron chi connectivity index (χ0n) is 14.5. The van der Waals surface area contributed by atoms with Gasteiger partial charge in [0.25, 0.3) is 0 Å².